The first-order chi connectivity index (χ1) is 21.1. The molecule has 0 saturated heterocycles. The Morgan fingerprint density at radius 2 is 1.41 bits per heavy atom. The molecule has 0 N–H and O–H groups in total. The number of esters is 2. The van der Waals surface area contributed by atoms with Gasteiger partial charge in [-0.15, -0.1) is 11.8 Å². The van der Waals surface area contributed by atoms with E-state index in [1.807, 2.05) is 31.2 Å². The van der Waals surface area contributed by atoms with Gasteiger partial charge < -0.3 is 9.47 Å². The number of carbonyl (C=O) groups excluding carboxylic acids is 2. The molecule has 0 aromatic heterocycles. The molecule has 44 heavy (non-hydrogen) atoms. The number of benzene rings is 4. The molecule has 1 heterocycles. The molecule has 0 saturated carbocycles. The van der Waals surface area contributed by atoms with Crippen molar-refractivity contribution in [2.75, 3.05) is 0 Å². The van der Waals surface area contributed by atoms with Crippen molar-refractivity contribution in [3.63, 3.8) is 0 Å². The molecule has 0 radical (unpaired) electrons. The van der Waals surface area contributed by atoms with Crippen molar-refractivity contribution >= 4 is 23.7 Å². The number of ether oxygens (including phenoxy) is 2. The van der Waals surface area contributed by atoms with Crippen LogP contribution in [0.3, 0.4) is 0 Å². The Bertz CT molecular complexity index is 1940. The topological polar surface area (TPSA) is 52.6 Å². The van der Waals surface area contributed by atoms with Crippen LogP contribution in [-0.2, 0) is 42.4 Å². The summed E-state index contributed by atoms with van der Waals surface area (Å²) in [7, 11) is 0. The summed E-state index contributed by atoms with van der Waals surface area (Å²) >= 11 is 1.79. The van der Waals surface area contributed by atoms with Gasteiger partial charge in [0.25, 0.3) is 0 Å². The standard InChI is InChI=1S/C39H34O4S/c1-22(2)36(40)42-38(6)30-15-9-7-12-25(30)20-29-27(14-11-17-32(29)38)28-18-19-33-35-34(28)24(5)39(35,43-37(41)23(3)4)31-16-10-8-13-26(31)21-44-33/h7-19,24H,1,3,20-21H2,2,4-6H3. The maximum absolute atomic E-state index is 13.2. The van der Waals surface area contributed by atoms with Crippen LogP contribution in [0.2, 0.25) is 0 Å². The van der Waals surface area contributed by atoms with Crippen molar-refractivity contribution in [1.82, 2.24) is 0 Å². The first-order valence-electron chi connectivity index (χ1n) is 14.9. The fourth-order valence-corrected chi connectivity index (χ4v) is 8.56. The minimum Gasteiger partial charge on any atom is -0.446 e. The Balaban J connectivity index is 1.46. The Morgan fingerprint density at radius 3 is 2.14 bits per heavy atom. The lowest BCUT2D eigenvalue weighted by Crippen LogP contribution is -2.48. The predicted octanol–water partition coefficient (Wildman–Crippen LogP) is 8.73. The number of hydrogen-bond donors (Lipinski definition) is 0. The van der Waals surface area contributed by atoms with Crippen LogP contribution in [0.1, 0.15) is 78.1 Å². The lowest BCUT2D eigenvalue weighted by molar-refractivity contribution is -0.157. The smallest absolute Gasteiger partial charge is 0.334 e. The van der Waals surface area contributed by atoms with Gasteiger partial charge in [0.2, 0.25) is 0 Å². The molecule has 4 nitrogen and oxygen atoms in total. The molecule has 1 aliphatic heterocycles. The Morgan fingerprint density at radius 1 is 0.773 bits per heavy atom. The fraction of sp³-hybridized carbons (Fsp3) is 0.231. The molecule has 0 bridgehead atoms. The summed E-state index contributed by atoms with van der Waals surface area (Å²) in [4.78, 5) is 27.3. The van der Waals surface area contributed by atoms with Crippen LogP contribution >= 0.6 is 11.8 Å². The van der Waals surface area contributed by atoms with Crippen molar-refractivity contribution in [1.29, 1.82) is 0 Å². The van der Waals surface area contributed by atoms with E-state index in [1.165, 1.54) is 11.1 Å². The van der Waals surface area contributed by atoms with Gasteiger partial charge in [0.1, 0.15) is 0 Å². The van der Waals surface area contributed by atoms with Crippen molar-refractivity contribution < 1.29 is 19.1 Å². The second kappa shape index (κ2) is 10.1. The normalized spacial score (nSPS) is 22.1. The molecule has 7 rings (SSSR count). The highest BCUT2D eigenvalue weighted by Crippen LogP contribution is 2.64. The van der Waals surface area contributed by atoms with E-state index in [1.54, 1.807) is 25.6 Å². The average molecular weight is 599 g/mol. The number of rotatable bonds is 5. The lowest BCUT2D eigenvalue weighted by Gasteiger charge is -2.51. The number of carbonyl (C=O) groups is 2. The van der Waals surface area contributed by atoms with Gasteiger partial charge in [-0.3, -0.25) is 0 Å². The van der Waals surface area contributed by atoms with Gasteiger partial charge in [-0.1, -0.05) is 92.9 Å². The molecule has 5 heteroatoms. The van der Waals surface area contributed by atoms with Crippen molar-refractivity contribution in [2.24, 2.45) is 0 Å². The molecule has 220 valence electrons. The first kappa shape index (κ1) is 28.4. The summed E-state index contributed by atoms with van der Waals surface area (Å²) in [6.45, 7) is 15.2. The first-order valence-corrected chi connectivity index (χ1v) is 15.9. The lowest BCUT2D eigenvalue weighted by atomic mass is 9.59. The highest BCUT2D eigenvalue weighted by molar-refractivity contribution is 7.98. The fourth-order valence-electron chi connectivity index (χ4n) is 7.42. The van der Waals surface area contributed by atoms with Crippen molar-refractivity contribution in [3.05, 3.63) is 148 Å². The molecule has 3 atom stereocenters. The Hall–Kier alpha value is -4.35. The second-order valence-electron chi connectivity index (χ2n) is 12.3. The van der Waals surface area contributed by atoms with E-state index in [0.717, 1.165) is 55.2 Å². The van der Waals surface area contributed by atoms with Crippen LogP contribution in [0.25, 0.3) is 11.1 Å². The maximum Gasteiger partial charge on any atom is 0.334 e. The van der Waals surface area contributed by atoms with Crippen molar-refractivity contribution in [2.45, 2.75) is 61.9 Å². The van der Waals surface area contributed by atoms with Gasteiger partial charge in [-0.2, -0.15) is 0 Å². The van der Waals surface area contributed by atoms with Gasteiger partial charge in [0, 0.05) is 50.0 Å². The zero-order valence-corrected chi connectivity index (χ0v) is 26.3. The summed E-state index contributed by atoms with van der Waals surface area (Å²) in [6.07, 6.45) is 0.709. The zero-order chi connectivity index (χ0) is 31.0. The number of fused-ring (bicyclic) bond motifs is 4. The maximum atomic E-state index is 13.2. The molecule has 4 aromatic rings. The van der Waals surface area contributed by atoms with Gasteiger partial charge >= 0.3 is 11.9 Å². The number of hydrogen-bond acceptors (Lipinski definition) is 5. The second-order valence-corrected chi connectivity index (χ2v) is 13.4. The third-order valence-corrected chi connectivity index (χ3v) is 10.7. The van der Waals surface area contributed by atoms with Crippen LogP contribution in [0.5, 0.6) is 0 Å². The highest BCUT2D eigenvalue weighted by atomic mass is 32.2. The van der Waals surface area contributed by atoms with E-state index < -0.39 is 17.2 Å². The SMILES string of the molecule is C=C(C)C(=O)OC1(C)c2ccccc2Cc2c(-c3ccc4c5c3C(C)C5(OC(=O)C(=C)C)c3ccccc3CS4)cccc21. The molecule has 3 aliphatic rings. The average Bonchev–Trinajstić information content (AvgIpc) is 3.14. The van der Waals surface area contributed by atoms with Gasteiger partial charge in [-0.25, -0.2) is 9.59 Å². The molecule has 0 amide bonds. The van der Waals surface area contributed by atoms with Gasteiger partial charge in [0.05, 0.1) is 0 Å². The summed E-state index contributed by atoms with van der Waals surface area (Å²) in [5.74, 6) is -0.106. The van der Waals surface area contributed by atoms with E-state index in [9.17, 15) is 9.59 Å². The van der Waals surface area contributed by atoms with Crippen LogP contribution in [0.15, 0.2) is 108 Å². The predicted molar refractivity (Wildman–Crippen MR) is 175 cm³/mol. The summed E-state index contributed by atoms with van der Waals surface area (Å²) in [5.41, 5.74) is 9.76. The van der Waals surface area contributed by atoms with E-state index in [0.29, 0.717) is 17.6 Å². The summed E-state index contributed by atoms with van der Waals surface area (Å²) < 4.78 is 12.8. The monoisotopic (exact) mass is 598 g/mol. The third-order valence-electron chi connectivity index (χ3n) is 9.55. The molecular formula is C39H34O4S. The van der Waals surface area contributed by atoms with Crippen LogP contribution in [-0.4, -0.2) is 11.9 Å². The molecule has 3 unspecified atom stereocenters. The Kier molecular flexibility index (Phi) is 6.52. The van der Waals surface area contributed by atoms with Crippen LogP contribution < -0.4 is 0 Å². The van der Waals surface area contributed by atoms with E-state index in [-0.39, 0.29) is 11.9 Å². The zero-order valence-electron chi connectivity index (χ0n) is 25.5. The summed E-state index contributed by atoms with van der Waals surface area (Å²) in [6, 6.07) is 27.2. The molecule has 0 spiro atoms. The third kappa shape index (κ3) is 3.92. The molecule has 0 fully saturated rings. The summed E-state index contributed by atoms with van der Waals surface area (Å²) in [5, 5.41) is 0. The quantitative estimate of drug-likeness (QED) is 0.170. The minimum atomic E-state index is -0.979. The minimum absolute atomic E-state index is 0.102. The van der Waals surface area contributed by atoms with Crippen molar-refractivity contribution in [3.8, 4) is 11.1 Å². The van der Waals surface area contributed by atoms with Gasteiger partial charge in [0.15, 0.2) is 11.2 Å². The van der Waals surface area contributed by atoms with E-state index >= 15 is 0 Å². The van der Waals surface area contributed by atoms with Gasteiger partial charge in [-0.05, 0) is 66.6 Å². The van der Waals surface area contributed by atoms with E-state index in [2.05, 4.69) is 74.7 Å². The highest BCUT2D eigenvalue weighted by Gasteiger charge is 2.58. The van der Waals surface area contributed by atoms with Crippen LogP contribution in [0, 0.1) is 0 Å². The van der Waals surface area contributed by atoms with Crippen LogP contribution in [0.4, 0.5) is 0 Å². The molecule has 2 aliphatic carbocycles. The number of thioether (sulfide) groups is 1. The molecule has 4 aromatic carbocycles. The van der Waals surface area contributed by atoms with E-state index in [4.69, 9.17) is 9.47 Å². The molecular weight excluding hydrogens is 564 g/mol. The Labute approximate surface area is 262 Å². The largest absolute Gasteiger partial charge is 0.446 e.